The van der Waals surface area contributed by atoms with E-state index in [1.807, 2.05) is 6.92 Å². The van der Waals surface area contributed by atoms with Crippen molar-refractivity contribution in [3.63, 3.8) is 0 Å². The number of alkyl halides is 2. The first-order valence-corrected chi connectivity index (χ1v) is 4.70. The van der Waals surface area contributed by atoms with Crippen LogP contribution in [0.15, 0.2) is 0 Å². The first-order chi connectivity index (χ1) is 4.42. The lowest BCUT2D eigenvalue weighted by Gasteiger charge is -2.21. The Morgan fingerprint density at radius 3 is 2.30 bits per heavy atom. The maximum absolute atomic E-state index is 10.5. The predicted octanol–water partition coefficient (Wildman–Crippen LogP) is 2.40. The number of hydrogen-bond donors (Lipinski definition) is 1. The Bertz CT molecular complexity index is 134. The van der Waals surface area contributed by atoms with Crippen LogP contribution in [0.3, 0.4) is 0 Å². The van der Waals surface area contributed by atoms with Crippen molar-refractivity contribution in [2.45, 2.75) is 29.4 Å². The predicted molar refractivity (Wildman–Crippen MR) is 48.0 cm³/mol. The van der Waals surface area contributed by atoms with Crippen LogP contribution in [0.5, 0.6) is 0 Å². The van der Waals surface area contributed by atoms with Gasteiger partial charge in [0.15, 0.2) is 0 Å². The largest absolute Gasteiger partial charge is 0.480 e. The average molecular weight is 274 g/mol. The summed E-state index contributed by atoms with van der Waals surface area (Å²) in [6.07, 6.45) is 0.786. The molecule has 10 heavy (non-hydrogen) atoms. The number of carboxylic acid groups (broad SMARTS) is 1. The Morgan fingerprint density at radius 1 is 1.80 bits per heavy atom. The fourth-order valence-electron chi connectivity index (χ4n) is 0.517. The molecule has 0 aromatic rings. The lowest BCUT2D eigenvalue weighted by atomic mass is 10.1. The van der Waals surface area contributed by atoms with Crippen LogP contribution in [0.1, 0.15) is 20.3 Å². The second kappa shape index (κ2) is 3.72. The molecule has 0 aliphatic rings. The molecule has 0 saturated heterocycles. The van der Waals surface area contributed by atoms with E-state index >= 15 is 0 Å². The first kappa shape index (κ1) is 10.4. The summed E-state index contributed by atoms with van der Waals surface area (Å²) in [5.74, 6) is -0.837. The third-order valence-electron chi connectivity index (χ3n) is 1.36. The summed E-state index contributed by atoms with van der Waals surface area (Å²) in [5, 5.41) is 8.67. The Hall–Kier alpha value is 0.430. The maximum Gasteiger partial charge on any atom is 0.321 e. The summed E-state index contributed by atoms with van der Waals surface area (Å²) in [4.78, 5) is 10.5. The van der Waals surface area contributed by atoms with E-state index < -0.39 is 10.3 Å². The fraction of sp³-hybridized carbons (Fsp3) is 0.833. The van der Waals surface area contributed by atoms with E-state index in [1.54, 1.807) is 6.92 Å². The summed E-state index contributed by atoms with van der Waals surface area (Å²) in [6.45, 7) is 3.57. The Balaban J connectivity index is 4.23. The maximum atomic E-state index is 10.5. The molecule has 0 aliphatic carbocycles. The first-order valence-electron chi connectivity index (χ1n) is 2.99. The van der Waals surface area contributed by atoms with Gasteiger partial charge in [-0.15, -0.1) is 0 Å². The van der Waals surface area contributed by atoms with E-state index in [2.05, 4.69) is 31.9 Å². The molecule has 0 bridgehead atoms. The topological polar surface area (TPSA) is 37.3 Å². The average Bonchev–Trinajstić information content (AvgIpc) is 1.86. The molecular weight excluding hydrogens is 264 g/mol. The smallest absolute Gasteiger partial charge is 0.321 e. The lowest BCUT2D eigenvalue weighted by molar-refractivity contribution is -0.139. The Kier molecular flexibility index (Phi) is 3.88. The van der Waals surface area contributed by atoms with Crippen LogP contribution in [-0.4, -0.2) is 20.2 Å². The third kappa shape index (κ3) is 2.23. The van der Waals surface area contributed by atoms with Gasteiger partial charge in [-0.2, -0.15) is 0 Å². The quantitative estimate of drug-likeness (QED) is 0.802. The Labute approximate surface area is 77.3 Å². The van der Waals surface area contributed by atoms with Crippen molar-refractivity contribution >= 4 is 37.8 Å². The minimum absolute atomic E-state index is 0.0301. The molecule has 0 radical (unpaired) electrons. The van der Waals surface area contributed by atoms with E-state index in [9.17, 15) is 4.79 Å². The number of carbonyl (C=O) groups is 1. The molecule has 4 heteroatoms. The van der Waals surface area contributed by atoms with Gasteiger partial charge in [-0.05, 0) is 13.3 Å². The normalized spacial score (nSPS) is 19.6. The van der Waals surface area contributed by atoms with Crippen molar-refractivity contribution in [2.75, 3.05) is 0 Å². The number of carboxylic acids is 1. The van der Waals surface area contributed by atoms with Crippen LogP contribution in [0, 0.1) is 0 Å². The molecule has 0 amide bonds. The fourth-order valence-corrected chi connectivity index (χ4v) is 1.04. The van der Waals surface area contributed by atoms with E-state index in [-0.39, 0.29) is 4.83 Å². The molecule has 0 spiro atoms. The van der Waals surface area contributed by atoms with Crippen molar-refractivity contribution in [1.29, 1.82) is 0 Å². The number of aliphatic carboxylic acids is 1. The number of rotatable bonds is 3. The van der Waals surface area contributed by atoms with Crippen LogP contribution < -0.4 is 0 Å². The molecule has 0 unspecified atom stereocenters. The molecule has 2 atom stereocenters. The second-order valence-electron chi connectivity index (χ2n) is 2.26. The highest BCUT2D eigenvalue weighted by atomic mass is 79.9. The van der Waals surface area contributed by atoms with E-state index in [0.717, 1.165) is 6.42 Å². The van der Waals surface area contributed by atoms with Crippen LogP contribution in [-0.2, 0) is 4.79 Å². The minimum Gasteiger partial charge on any atom is -0.480 e. The van der Waals surface area contributed by atoms with Crippen LogP contribution in [0.2, 0.25) is 0 Å². The molecule has 60 valence electrons. The van der Waals surface area contributed by atoms with Gasteiger partial charge in [0.1, 0.15) is 4.32 Å². The van der Waals surface area contributed by atoms with Crippen molar-refractivity contribution < 1.29 is 9.90 Å². The van der Waals surface area contributed by atoms with Gasteiger partial charge in [-0.25, -0.2) is 0 Å². The van der Waals surface area contributed by atoms with Gasteiger partial charge in [0.2, 0.25) is 0 Å². The lowest BCUT2D eigenvalue weighted by Crippen LogP contribution is -2.36. The van der Waals surface area contributed by atoms with E-state index in [4.69, 9.17) is 5.11 Å². The number of halogens is 2. The zero-order chi connectivity index (χ0) is 8.36. The molecule has 1 N–H and O–H groups in total. The molecule has 0 aliphatic heterocycles. The van der Waals surface area contributed by atoms with Gasteiger partial charge in [0.05, 0.1) is 0 Å². The van der Waals surface area contributed by atoms with Crippen LogP contribution in [0.4, 0.5) is 0 Å². The summed E-state index contributed by atoms with van der Waals surface area (Å²) in [5.41, 5.74) is 0. The van der Waals surface area contributed by atoms with Crippen molar-refractivity contribution in [3.05, 3.63) is 0 Å². The van der Waals surface area contributed by atoms with Gasteiger partial charge in [-0.1, -0.05) is 38.8 Å². The van der Waals surface area contributed by atoms with Gasteiger partial charge < -0.3 is 5.11 Å². The molecule has 0 fully saturated rings. The van der Waals surface area contributed by atoms with Crippen LogP contribution in [0.25, 0.3) is 0 Å². The molecule has 2 nitrogen and oxygen atoms in total. The van der Waals surface area contributed by atoms with Gasteiger partial charge in [0.25, 0.3) is 0 Å². The Morgan fingerprint density at radius 2 is 2.20 bits per heavy atom. The SMILES string of the molecule is CC[C@@H](Br)[C@@](C)(Br)C(=O)O. The standard InChI is InChI=1S/C6H10Br2O2/c1-3-4(7)6(2,8)5(9)10/h4H,3H2,1-2H3,(H,9,10)/t4-,6-/m1/s1. The number of hydrogen-bond acceptors (Lipinski definition) is 1. The molecule has 0 aromatic heterocycles. The zero-order valence-corrected chi connectivity index (χ0v) is 9.07. The third-order valence-corrected chi connectivity index (χ3v) is 4.43. The van der Waals surface area contributed by atoms with Crippen molar-refractivity contribution in [2.24, 2.45) is 0 Å². The monoisotopic (exact) mass is 272 g/mol. The van der Waals surface area contributed by atoms with Crippen molar-refractivity contribution in [1.82, 2.24) is 0 Å². The van der Waals surface area contributed by atoms with Crippen molar-refractivity contribution in [3.8, 4) is 0 Å². The van der Waals surface area contributed by atoms with E-state index in [0.29, 0.717) is 0 Å². The molecule has 0 rings (SSSR count). The summed E-state index contributed by atoms with van der Waals surface area (Å²) in [7, 11) is 0. The van der Waals surface area contributed by atoms with Gasteiger partial charge >= 0.3 is 5.97 Å². The zero-order valence-electron chi connectivity index (χ0n) is 5.90. The van der Waals surface area contributed by atoms with Gasteiger partial charge in [-0.3, -0.25) is 4.79 Å². The molecule has 0 saturated carbocycles. The summed E-state index contributed by atoms with van der Waals surface area (Å²) in [6, 6.07) is 0. The summed E-state index contributed by atoms with van der Waals surface area (Å²) >= 11 is 6.40. The molecule has 0 heterocycles. The summed E-state index contributed by atoms with van der Waals surface area (Å²) < 4.78 is -0.845. The molecular formula is C6H10Br2O2. The van der Waals surface area contributed by atoms with Crippen LogP contribution >= 0.6 is 31.9 Å². The van der Waals surface area contributed by atoms with Gasteiger partial charge in [0, 0.05) is 4.83 Å². The minimum atomic E-state index is -0.845. The highest BCUT2D eigenvalue weighted by Gasteiger charge is 2.36. The second-order valence-corrected chi connectivity index (χ2v) is 5.01. The van der Waals surface area contributed by atoms with E-state index in [1.165, 1.54) is 0 Å². The molecule has 0 aromatic carbocycles. The highest BCUT2D eigenvalue weighted by molar-refractivity contribution is 9.12. The highest BCUT2D eigenvalue weighted by Crippen LogP contribution is 2.29.